The highest BCUT2D eigenvalue weighted by molar-refractivity contribution is 7.91. The Morgan fingerprint density at radius 3 is 2.47 bits per heavy atom. The van der Waals surface area contributed by atoms with Gasteiger partial charge in [0.15, 0.2) is 9.84 Å². The molecule has 1 fully saturated rings. The number of amides is 1. The van der Waals surface area contributed by atoms with Crippen LogP contribution in [0.4, 0.5) is 0 Å². The first kappa shape index (κ1) is 14.1. The largest absolute Gasteiger partial charge is 0.350 e. The normalized spacial score (nSPS) is 25.2. The molecule has 1 atom stereocenters. The first-order valence-electron chi connectivity index (χ1n) is 6.35. The maximum atomic E-state index is 12.0. The van der Waals surface area contributed by atoms with Crippen LogP contribution in [0.2, 0.25) is 0 Å². The Morgan fingerprint density at radius 1 is 1.32 bits per heavy atom. The second-order valence-electron chi connectivity index (χ2n) is 5.61. The van der Waals surface area contributed by atoms with Crippen LogP contribution >= 0.6 is 0 Å². The minimum Gasteiger partial charge on any atom is -0.350 e. The van der Waals surface area contributed by atoms with Gasteiger partial charge in [0.1, 0.15) is 0 Å². The summed E-state index contributed by atoms with van der Waals surface area (Å²) in [4.78, 5) is 12.0. The fraction of sp³-hybridized carbons (Fsp3) is 0.500. The quantitative estimate of drug-likeness (QED) is 0.906. The van der Waals surface area contributed by atoms with Gasteiger partial charge in [-0.2, -0.15) is 0 Å². The number of hydrogen-bond acceptors (Lipinski definition) is 3. The van der Waals surface area contributed by atoms with Crippen LogP contribution in [-0.2, 0) is 21.1 Å². The molecule has 19 heavy (non-hydrogen) atoms. The van der Waals surface area contributed by atoms with Crippen LogP contribution in [0.15, 0.2) is 24.3 Å². The molecule has 104 valence electrons. The topological polar surface area (TPSA) is 63.2 Å². The summed E-state index contributed by atoms with van der Waals surface area (Å²) in [6.07, 6.45) is 0.783. The number of sulfone groups is 1. The molecule has 1 N–H and O–H groups in total. The van der Waals surface area contributed by atoms with Crippen LogP contribution in [0.5, 0.6) is 0 Å². The van der Waals surface area contributed by atoms with E-state index in [1.165, 1.54) is 0 Å². The second-order valence-corrected chi connectivity index (χ2v) is 7.80. The zero-order valence-corrected chi connectivity index (χ0v) is 12.1. The molecule has 0 aromatic heterocycles. The number of benzene rings is 1. The van der Waals surface area contributed by atoms with E-state index in [4.69, 9.17) is 0 Å². The molecular weight excluding hydrogens is 262 g/mol. The smallest absolute Gasteiger partial charge is 0.224 e. The van der Waals surface area contributed by atoms with Crippen LogP contribution < -0.4 is 5.32 Å². The summed E-state index contributed by atoms with van der Waals surface area (Å²) in [6, 6.07) is 7.76. The molecule has 0 bridgehead atoms. The summed E-state index contributed by atoms with van der Waals surface area (Å²) < 4.78 is 22.9. The van der Waals surface area contributed by atoms with Crippen molar-refractivity contribution in [3.63, 3.8) is 0 Å². The molecule has 0 unspecified atom stereocenters. The molecule has 1 aromatic carbocycles. The standard InChI is InChI=1S/C14H19NO3S/c1-11-3-5-12(6-4-11)9-13(16)15-14(2)7-8-19(17,18)10-14/h3-6H,7-10H2,1-2H3,(H,15,16)/t14-/m1/s1. The third-order valence-electron chi connectivity index (χ3n) is 3.43. The molecule has 4 nitrogen and oxygen atoms in total. The fourth-order valence-electron chi connectivity index (χ4n) is 2.38. The molecule has 0 radical (unpaired) electrons. The Hall–Kier alpha value is -1.36. The Morgan fingerprint density at radius 2 is 1.95 bits per heavy atom. The van der Waals surface area contributed by atoms with E-state index in [2.05, 4.69) is 5.32 Å². The maximum Gasteiger partial charge on any atom is 0.224 e. The predicted molar refractivity (Wildman–Crippen MR) is 74.7 cm³/mol. The van der Waals surface area contributed by atoms with Gasteiger partial charge in [-0.05, 0) is 25.8 Å². The number of nitrogens with one attached hydrogen (secondary N) is 1. The molecule has 5 heteroatoms. The van der Waals surface area contributed by atoms with Crippen molar-refractivity contribution < 1.29 is 13.2 Å². The van der Waals surface area contributed by atoms with Gasteiger partial charge in [-0.25, -0.2) is 8.42 Å². The Labute approximate surface area is 114 Å². The zero-order valence-electron chi connectivity index (χ0n) is 11.3. The molecule has 0 saturated carbocycles. The molecule has 1 aliphatic rings. The van der Waals surface area contributed by atoms with Crippen molar-refractivity contribution in [3.05, 3.63) is 35.4 Å². The molecule has 1 saturated heterocycles. The van der Waals surface area contributed by atoms with Gasteiger partial charge in [-0.3, -0.25) is 4.79 Å². The molecule has 2 rings (SSSR count). The molecule has 1 heterocycles. The number of carbonyl (C=O) groups excluding carboxylic acids is 1. The first-order chi connectivity index (χ1) is 8.78. The summed E-state index contributed by atoms with van der Waals surface area (Å²) in [5, 5.41) is 2.86. The van der Waals surface area contributed by atoms with Crippen molar-refractivity contribution >= 4 is 15.7 Å². The minimum absolute atomic E-state index is 0.0413. The summed E-state index contributed by atoms with van der Waals surface area (Å²) in [7, 11) is -2.99. The third-order valence-corrected chi connectivity index (χ3v) is 5.33. The fourth-order valence-corrected chi connectivity index (χ4v) is 4.47. The average molecular weight is 281 g/mol. The van der Waals surface area contributed by atoms with E-state index in [9.17, 15) is 13.2 Å². The molecule has 0 spiro atoms. The van der Waals surface area contributed by atoms with E-state index >= 15 is 0 Å². The highest BCUT2D eigenvalue weighted by Gasteiger charge is 2.39. The van der Waals surface area contributed by atoms with Crippen LogP contribution in [0, 0.1) is 6.92 Å². The molecule has 1 aromatic rings. The highest BCUT2D eigenvalue weighted by atomic mass is 32.2. The zero-order chi connectivity index (χ0) is 14.1. The van der Waals surface area contributed by atoms with Crippen LogP contribution in [0.3, 0.4) is 0 Å². The minimum atomic E-state index is -2.99. The van der Waals surface area contributed by atoms with E-state index in [0.29, 0.717) is 6.42 Å². The van der Waals surface area contributed by atoms with Crippen molar-refractivity contribution in [2.45, 2.75) is 32.2 Å². The SMILES string of the molecule is Cc1ccc(CC(=O)N[C@]2(C)CCS(=O)(=O)C2)cc1. The van der Waals surface area contributed by atoms with Crippen molar-refractivity contribution in [3.8, 4) is 0 Å². The van der Waals surface area contributed by atoms with Gasteiger partial charge in [0.25, 0.3) is 0 Å². The lowest BCUT2D eigenvalue weighted by molar-refractivity contribution is -0.121. The monoisotopic (exact) mass is 281 g/mol. The third kappa shape index (κ3) is 3.80. The predicted octanol–water partition coefficient (Wildman–Crippen LogP) is 1.23. The summed E-state index contributed by atoms with van der Waals surface area (Å²) in [5.41, 5.74) is 1.48. The van der Waals surface area contributed by atoms with Crippen LogP contribution in [-0.4, -0.2) is 31.4 Å². The van der Waals surface area contributed by atoms with Crippen LogP contribution in [0.25, 0.3) is 0 Å². The lowest BCUT2D eigenvalue weighted by Gasteiger charge is -2.23. The van der Waals surface area contributed by atoms with Gasteiger partial charge in [0.05, 0.1) is 23.5 Å². The van der Waals surface area contributed by atoms with E-state index in [-0.39, 0.29) is 23.8 Å². The van der Waals surface area contributed by atoms with Gasteiger partial charge in [-0.1, -0.05) is 29.8 Å². The molecule has 1 aliphatic heterocycles. The summed E-state index contributed by atoms with van der Waals surface area (Å²) in [5.74, 6) is 0.0805. The molecular formula is C14H19NO3S. The number of rotatable bonds is 3. The molecule has 0 aliphatic carbocycles. The van der Waals surface area contributed by atoms with Gasteiger partial charge in [0, 0.05) is 0 Å². The summed E-state index contributed by atoms with van der Waals surface area (Å²) >= 11 is 0. The number of carbonyl (C=O) groups is 1. The van der Waals surface area contributed by atoms with Gasteiger partial charge >= 0.3 is 0 Å². The lowest BCUT2D eigenvalue weighted by Crippen LogP contribution is -2.47. The Kier molecular flexibility index (Phi) is 3.67. The van der Waals surface area contributed by atoms with Crippen LogP contribution in [0.1, 0.15) is 24.5 Å². The van der Waals surface area contributed by atoms with Crippen molar-refractivity contribution in [1.82, 2.24) is 5.32 Å². The lowest BCUT2D eigenvalue weighted by atomic mass is 10.0. The van der Waals surface area contributed by atoms with E-state index in [0.717, 1.165) is 11.1 Å². The number of aryl methyl sites for hydroxylation is 1. The van der Waals surface area contributed by atoms with Gasteiger partial charge in [0.2, 0.25) is 5.91 Å². The highest BCUT2D eigenvalue weighted by Crippen LogP contribution is 2.22. The van der Waals surface area contributed by atoms with Gasteiger partial charge < -0.3 is 5.32 Å². The second kappa shape index (κ2) is 4.96. The molecule has 1 amide bonds. The van der Waals surface area contributed by atoms with E-state index in [1.54, 1.807) is 6.92 Å². The van der Waals surface area contributed by atoms with E-state index < -0.39 is 15.4 Å². The Balaban J connectivity index is 1.97. The number of hydrogen-bond donors (Lipinski definition) is 1. The average Bonchev–Trinajstić information content (AvgIpc) is 2.56. The van der Waals surface area contributed by atoms with Crippen molar-refractivity contribution in [2.75, 3.05) is 11.5 Å². The first-order valence-corrected chi connectivity index (χ1v) is 8.17. The maximum absolute atomic E-state index is 12.0. The van der Waals surface area contributed by atoms with Gasteiger partial charge in [-0.15, -0.1) is 0 Å². The van der Waals surface area contributed by atoms with Crippen molar-refractivity contribution in [1.29, 1.82) is 0 Å². The Bertz CT molecular complexity index is 577. The summed E-state index contributed by atoms with van der Waals surface area (Å²) in [6.45, 7) is 3.79. The van der Waals surface area contributed by atoms with Crippen molar-refractivity contribution in [2.24, 2.45) is 0 Å². The van der Waals surface area contributed by atoms with E-state index in [1.807, 2.05) is 31.2 Å².